The van der Waals surface area contributed by atoms with Gasteiger partial charge in [0.1, 0.15) is 6.04 Å². The van der Waals surface area contributed by atoms with Gasteiger partial charge in [-0.1, -0.05) is 12.1 Å². The number of benzene rings is 2. The fourth-order valence-corrected chi connectivity index (χ4v) is 8.93. The normalized spacial score (nSPS) is 23.1. The highest BCUT2D eigenvalue weighted by atomic mass is 16.2. The lowest BCUT2D eigenvalue weighted by Gasteiger charge is -2.34. The minimum absolute atomic E-state index is 0.0197. The van der Waals surface area contributed by atoms with Crippen LogP contribution in [0.15, 0.2) is 42.5 Å². The number of anilines is 4. The SMILES string of the molecule is CC(=O)NC1CCCN(c2nnc(C(N)=O)c(Nc3ccc(C4CCN(CC5CCN(c6ccc7c(c6)C(=O)N(C6CCC(=O)NC6=O)C7=O)C5)CC4)cc3)n2)C1. The van der Waals surface area contributed by atoms with Gasteiger partial charge in [-0.3, -0.25) is 39.0 Å². The molecule has 0 radical (unpaired) electrons. The molecule has 1 aromatic heterocycles. The van der Waals surface area contributed by atoms with Crippen LogP contribution < -0.4 is 31.5 Å². The molecule has 3 aromatic rings. The van der Waals surface area contributed by atoms with E-state index < -0.39 is 35.6 Å². The van der Waals surface area contributed by atoms with Gasteiger partial charge in [0, 0.05) is 63.5 Å². The molecule has 17 nitrogen and oxygen atoms in total. The number of carbonyl (C=O) groups is 6. The van der Waals surface area contributed by atoms with Crippen LogP contribution >= 0.6 is 0 Å². The van der Waals surface area contributed by atoms with Crippen molar-refractivity contribution in [2.45, 2.75) is 69.9 Å². The van der Waals surface area contributed by atoms with Crippen LogP contribution in [0, 0.1) is 5.92 Å². The first kappa shape index (κ1) is 37.9. The Labute approximate surface area is 329 Å². The number of nitrogens with one attached hydrogen (secondary N) is 3. The highest BCUT2D eigenvalue weighted by Gasteiger charge is 2.45. The first-order valence-corrected chi connectivity index (χ1v) is 19.8. The summed E-state index contributed by atoms with van der Waals surface area (Å²) < 4.78 is 0. The van der Waals surface area contributed by atoms with Crippen molar-refractivity contribution in [1.29, 1.82) is 0 Å². The minimum Gasteiger partial charge on any atom is -0.371 e. The maximum Gasteiger partial charge on any atom is 0.273 e. The second-order valence-electron chi connectivity index (χ2n) is 15.8. The molecular weight excluding hydrogens is 731 g/mol. The van der Waals surface area contributed by atoms with Crippen LogP contribution in [0.2, 0.25) is 0 Å². The third-order valence-electron chi connectivity index (χ3n) is 11.8. The number of aromatic nitrogens is 3. The standard InChI is InChI=1S/C40H47N11O6/c1-23(52)42-28-3-2-15-50(22-28)40-45-36(34(35(41)54)46-47-40)43-27-6-4-25(5-7-27)26-13-16-48(17-14-26)20-24-12-18-49(21-24)29-8-9-30-31(19-29)39(57)51(38(30)56)32-10-11-33(53)44-37(32)55/h4-9,19,24,26,28,32H,2-3,10-18,20-22H2,1H3,(H2,41,54)(H,42,52)(H,43,45,47)(H,44,53,55). The molecule has 5 aliphatic heterocycles. The first-order valence-electron chi connectivity index (χ1n) is 19.8. The molecule has 57 heavy (non-hydrogen) atoms. The monoisotopic (exact) mass is 777 g/mol. The van der Waals surface area contributed by atoms with Gasteiger partial charge in [0.05, 0.1) is 11.1 Å². The van der Waals surface area contributed by atoms with E-state index in [4.69, 9.17) is 5.73 Å². The van der Waals surface area contributed by atoms with Gasteiger partial charge in [-0.25, -0.2) is 0 Å². The lowest BCUT2D eigenvalue weighted by atomic mass is 9.89. The molecule has 2 aromatic carbocycles. The molecule has 17 heteroatoms. The molecule has 4 fully saturated rings. The lowest BCUT2D eigenvalue weighted by Crippen LogP contribution is -2.54. The highest BCUT2D eigenvalue weighted by Crippen LogP contribution is 2.34. The first-order chi connectivity index (χ1) is 27.5. The largest absolute Gasteiger partial charge is 0.371 e. The van der Waals surface area contributed by atoms with Gasteiger partial charge in [-0.2, -0.15) is 4.98 Å². The zero-order valence-corrected chi connectivity index (χ0v) is 31.9. The van der Waals surface area contributed by atoms with E-state index in [9.17, 15) is 28.8 Å². The number of piperidine rings is 3. The maximum absolute atomic E-state index is 13.4. The number of carbonyl (C=O) groups excluding carboxylic acids is 6. The number of nitrogens with zero attached hydrogens (tertiary/aromatic N) is 7. The van der Waals surface area contributed by atoms with Crippen LogP contribution in [0.1, 0.15) is 94.6 Å². The van der Waals surface area contributed by atoms with Crippen molar-refractivity contribution in [3.8, 4) is 0 Å². The van der Waals surface area contributed by atoms with E-state index in [2.05, 4.69) is 53.1 Å². The fraction of sp³-hybridized carbons (Fsp3) is 0.475. The van der Waals surface area contributed by atoms with Gasteiger partial charge >= 0.3 is 0 Å². The van der Waals surface area contributed by atoms with Crippen molar-refractivity contribution in [3.63, 3.8) is 0 Å². The Hall–Kier alpha value is -5.97. The summed E-state index contributed by atoms with van der Waals surface area (Å²) in [6.07, 6.45) is 5.04. The maximum atomic E-state index is 13.4. The Bertz CT molecular complexity index is 2100. The number of hydrogen-bond acceptors (Lipinski definition) is 13. The molecule has 5 N–H and O–H groups in total. The summed E-state index contributed by atoms with van der Waals surface area (Å²) in [4.78, 5) is 86.8. The zero-order chi connectivity index (χ0) is 39.8. The van der Waals surface area contributed by atoms with Gasteiger partial charge < -0.3 is 31.1 Å². The van der Waals surface area contributed by atoms with E-state index in [1.807, 2.05) is 23.1 Å². The Kier molecular flexibility index (Phi) is 10.6. The average Bonchev–Trinajstić information content (AvgIpc) is 3.76. The molecule has 8 rings (SSSR count). The fourth-order valence-electron chi connectivity index (χ4n) is 8.93. The third kappa shape index (κ3) is 8.01. The summed E-state index contributed by atoms with van der Waals surface area (Å²) in [7, 11) is 0. The molecule has 0 spiro atoms. The lowest BCUT2D eigenvalue weighted by molar-refractivity contribution is -0.136. The number of nitrogens with two attached hydrogens (primary N) is 1. The van der Waals surface area contributed by atoms with E-state index in [1.165, 1.54) is 12.5 Å². The van der Waals surface area contributed by atoms with Crippen molar-refractivity contribution >= 4 is 58.6 Å². The van der Waals surface area contributed by atoms with Gasteiger partial charge in [0.2, 0.25) is 23.7 Å². The van der Waals surface area contributed by atoms with Crippen LogP contribution in [-0.4, -0.2) is 118 Å². The number of rotatable bonds is 10. The Morgan fingerprint density at radius 3 is 2.37 bits per heavy atom. The van der Waals surface area contributed by atoms with Gasteiger partial charge in [-0.05, 0) is 99.3 Å². The minimum atomic E-state index is -0.978. The Balaban J connectivity index is 0.833. The van der Waals surface area contributed by atoms with Crippen LogP contribution in [0.4, 0.5) is 23.1 Å². The number of imide groups is 2. The van der Waals surface area contributed by atoms with Gasteiger partial charge in [0.25, 0.3) is 17.7 Å². The number of amides is 6. The van der Waals surface area contributed by atoms with E-state index in [0.29, 0.717) is 42.0 Å². The third-order valence-corrected chi connectivity index (χ3v) is 11.8. The molecule has 6 heterocycles. The van der Waals surface area contributed by atoms with Crippen LogP contribution in [0.3, 0.4) is 0 Å². The van der Waals surface area contributed by atoms with Gasteiger partial charge in [0.15, 0.2) is 11.5 Å². The smallest absolute Gasteiger partial charge is 0.273 e. The molecule has 0 bridgehead atoms. The summed E-state index contributed by atoms with van der Waals surface area (Å²) in [6.45, 7) is 7.42. The van der Waals surface area contributed by atoms with E-state index in [1.54, 1.807) is 12.1 Å². The van der Waals surface area contributed by atoms with Gasteiger partial charge in [-0.15, -0.1) is 10.2 Å². The van der Waals surface area contributed by atoms with E-state index >= 15 is 0 Å². The summed E-state index contributed by atoms with van der Waals surface area (Å²) in [5, 5.41) is 16.7. The van der Waals surface area contributed by atoms with Crippen LogP contribution in [-0.2, 0) is 14.4 Å². The molecule has 3 atom stereocenters. The highest BCUT2D eigenvalue weighted by molar-refractivity contribution is 6.23. The average molecular weight is 778 g/mol. The summed E-state index contributed by atoms with van der Waals surface area (Å²) in [6, 6.07) is 12.5. The van der Waals surface area contributed by atoms with Crippen LogP contribution in [0.25, 0.3) is 0 Å². The number of primary amides is 1. The summed E-state index contributed by atoms with van der Waals surface area (Å²) >= 11 is 0. The number of hydrogen-bond donors (Lipinski definition) is 4. The predicted octanol–water partition coefficient (Wildman–Crippen LogP) is 1.93. The molecule has 0 saturated carbocycles. The van der Waals surface area contributed by atoms with Crippen LogP contribution in [0.5, 0.6) is 0 Å². The number of fused-ring (bicyclic) bond motifs is 1. The second kappa shape index (κ2) is 15.9. The molecule has 3 unspecified atom stereocenters. The molecule has 0 aliphatic carbocycles. The van der Waals surface area contributed by atoms with E-state index in [-0.39, 0.29) is 36.3 Å². The van der Waals surface area contributed by atoms with Crippen molar-refractivity contribution < 1.29 is 28.8 Å². The molecule has 5 aliphatic rings. The molecule has 6 amide bonds. The Morgan fingerprint density at radius 2 is 1.63 bits per heavy atom. The van der Waals surface area contributed by atoms with Crippen molar-refractivity contribution in [2.75, 3.05) is 60.9 Å². The topological polar surface area (TPSA) is 216 Å². The summed E-state index contributed by atoms with van der Waals surface area (Å²) in [5.41, 5.74) is 9.06. The molecular formula is C40H47N11O6. The van der Waals surface area contributed by atoms with E-state index in [0.717, 1.165) is 81.1 Å². The molecule has 4 saturated heterocycles. The van der Waals surface area contributed by atoms with Crippen molar-refractivity contribution in [3.05, 3.63) is 64.8 Å². The predicted molar refractivity (Wildman–Crippen MR) is 209 cm³/mol. The Morgan fingerprint density at radius 1 is 0.860 bits per heavy atom. The summed E-state index contributed by atoms with van der Waals surface area (Å²) in [5.74, 6) is -1.32. The second-order valence-corrected chi connectivity index (χ2v) is 15.8. The van der Waals surface area contributed by atoms with Crippen molar-refractivity contribution in [2.24, 2.45) is 11.7 Å². The molecule has 298 valence electrons. The van der Waals surface area contributed by atoms with Crippen molar-refractivity contribution in [1.82, 2.24) is 35.6 Å². The zero-order valence-electron chi connectivity index (χ0n) is 31.9. The quantitative estimate of drug-likeness (QED) is 0.217. The number of likely N-dealkylation sites (tertiary alicyclic amines) is 1.